The van der Waals surface area contributed by atoms with Gasteiger partial charge in [-0.15, -0.1) is 0 Å². The van der Waals surface area contributed by atoms with Gasteiger partial charge in [0.2, 0.25) is 0 Å². The molecule has 2 amide bonds. The quantitative estimate of drug-likeness (QED) is 0.449. The predicted octanol–water partition coefficient (Wildman–Crippen LogP) is 5.15. The van der Waals surface area contributed by atoms with Gasteiger partial charge in [-0.05, 0) is 48.6 Å². The Labute approximate surface area is 181 Å². The lowest BCUT2D eigenvalue weighted by atomic mass is 10.2. The second-order valence-electron chi connectivity index (χ2n) is 6.03. The highest BCUT2D eigenvalue weighted by Gasteiger charge is 2.34. The first-order valence-corrected chi connectivity index (χ1v) is 10.1. The highest BCUT2D eigenvalue weighted by atomic mass is 35.5. The van der Waals surface area contributed by atoms with Crippen molar-refractivity contribution in [3.05, 3.63) is 88.0 Å². The molecule has 5 nitrogen and oxygen atoms in total. The second kappa shape index (κ2) is 8.24. The van der Waals surface area contributed by atoms with Crippen LogP contribution in [0.4, 0.5) is 0 Å². The lowest BCUT2D eigenvalue weighted by molar-refractivity contribution is -0.123. The second-order valence-corrected chi connectivity index (χ2v) is 8.15. The minimum absolute atomic E-state index is 0.235. The summed E-state index contributed by atoms with van der Waals surface area (Å²) in [6.45, 7) is 0. The summed E-state index contributed by atoms with van der Waals surface area (Å²) in [7, 11) is 0. The van der Waals surface area contributed by atoms with Gasteiger partial charge in [-0.2, -0.15) is 5.01 Å². The zero-order valence-electron chi connectivity index (χ0n) is 14.8. The first kappa shape index (κ1) is 19.4. The molecule has 1 aliphatic rings. The predicted molar refractivity (Wildman–Crippen MR) is 118 cm³/mol. The average Bonchev–Trinajstić information content (AvgIpc) is 3.30. The summed E-state index contributed by atoms with van der Waals surface area (Å²) in [6.07, 6.45) is 1.61. The van der Waals surface area contributed by atoms with Crippen molar-refractivity contribution in [2.24, 2.45) is 0 Å². The van der Waals surface area contributed by atoms with Crippen molar-refractivity contribution < 1.29 is 14.0 Å². The average molecular weight is 441 g/mol. The zero-order valence-corrected chi connectivity index (χ0v) is 17.2. The van der Waals surface area contributed by atoms with E-state index in [-0.39, 0.29) is 4.32 Å². The van der Waals surface area contributed by atoms with Gasteiger partial charge >= 0.3 is 0 Å². The highest BCUT2D eigenvalue weighted by molar-refractivity contribution is 8.26. The number of furan rings is 1. The molecule has 0 unspecified atom stereocenters. The van der Waals surface area contributed by atoms with Crippen LogP contribution < -0.4 is 5.43 Å². The normalized spacial score (nSPS) is 15.2. The maximum Gasteiger partial charge on any atom is 0.285 e. The molecule has 1 saturated heterocycles. The van der Waals surface area contributed by atoms with E-state index in [0.717, 1.165) is 22.3 Å². The van der Waals surface area contributed by atoms with Crippen LogP contribution in [-0.4, -0.2) is 21.1 Å². The number of hydrogen-bond donors (Lipinski definition) is 1. The number of thiocarbonyl (C=S) groups is 1. The molecule has 0 aliphatic carbocycles. The smallest absolute Gasteiger partial charge is 0.285 e. The molecule has 29 heavy (non-hydrogen) atoms. The molecule has 8 heteroatoms. The van der Waals surface area contributed by atoms with E-state index in [1.807, 2.05) is 36.4 Å². The number of carbonyl (C=O) groups excluding carboxylic acids is 2. The largest absolute Gasteiger partial charge is 0.457 e. The van der Waals surface area contributed by atoms with Crippen molar-refractivity contribution in [2.75, 3.05) is 0 Å². The number of rotatable bonds is 4. The Bertz CT molecular complexity index is 1120. The van der Waals surface area contributed by atoms with Crippen molar-refractivity contribution >= 4 is 57.8 Å². The molecule has 2 aromatic carbocycles. The molecule has 1 N–H and O–H groups in total. The first-order chi connectivity index (χ1) is 14.0. The molecule has 0 spiro atoms. The Balaban J connectivity index is 1.50. The van der Waals surface area contributed by atoms with Crippen LogP contribution in [0.2, 0.25) is 5.02 Å². The summed E-state index contributed by atoms with van der Waals surface area (Å²) in [5.74, 6) is 0.348. The number of benzene rings is 2. The molecule has 144 valence electrons. The maximum absolute atomic E-state index is 12.7. The standard InChI is InChI=1S/C21H13ClN2O3S2/c22-15-8-6-14(7-9-15)19(25)23-24-20(26)18(29-21(24)28)12-16-10-11-17(27-16)13-4-2-1-3-5-13/h1-12H,(H,23,25)/b18-12-. The molecule has 0 saturated carbocycles. The van der Waals surface area contributed by atoms with Crippen LogP contribution in [0.15, 0.2) is 76.1 Å². The number of carbonyl (C=O) groups is 2. The van der Waals surface area contributed by atoms with E-state index in [1.54, 1.807) is 36.4 Å². The molecular weight excluding hydrogens is 428 g/mol. The van der Waals surface area contributed by atoms with E-state index in [1.165, 1.54) is 0 Å². The molecule has 1 aliphatic heterocycles. The maximum atomic E-state index is 12.7. The summed E-state index contributed by atoms with van der Waals surface area (Å²) in [6, 6.07) is 19.6. The fourth-order valence-corrected chi connectivity index (χ4v) is 3.93. The molecule has 0 radical (unpaired) electrons. The minimum Gasteiger partial charge on any atom is -0.457 e. The Morgan fingerprint density at radius 2 is 1.79 bits per heavy atom. The fraction of sp³-hybridized carbons (Fsp3) is 0. The monoisotopic (exact) mass is 440 g/mol. The summed E-state index contributed by atoms with van der Waals surface area (Å²) in [5.41, 5.74) is 3.84. The summed E-state index contributed by atoms with van der Waals surface area (Å²) < 4.78 is 6.04. The highest BCUT2D eigenvalue weighted by Crippen LogP contribution is 2.32. The number of hydrogen-bond acceptors (Lipinski definition) is 5. The number of hydrazine groups is 1. The van der Waals surface area contributed by atoms with Gasteiger partial charge < -0.3 is 4.42 Å². The molecule has 1 aromatic heterocycles. The molecule has 4 rings (SSSR count). The summed E-state index contributed by atoms with van der Waals surface area (Å²) in [4.78, 5) is 25.4. The van der Waals surface area contributed by atoms with Crippen LogP contribution in [-0.2, 0) is 4.79 Å². The minimum atomic E-state index is -0.455. The fourth-order valence-electron chi connectivity index (χ4n) is 2.65. The Hall–Kier alpha value is -2.87. The van der Waals surface area contributed by atoms with E-state index < -0.39 is 11.8 Å². The van der Waals surface area contributed by atoms with Crippen LogP contribution in [0, 0.1) is 0 Å². The lowest BCUT2D eigenvalue weighted by Gasteiger charge is -2.15. The van der Waals surface area contributed by atoms with Crippen molar-refractivity contribution in [3.8, 4) is 11.3 Å². The van der Waals surface area contributed by atoms with Crippen LogP contribution >= 0.6 is 35.6 Å². The third kappa shape index (κ3) is 4.27. The van der Waals surface area contributed by atoms with Gasteiger partial charge in [-0.1, -0.05) is 53.7 Å². The Morgan fingerprint density at radius 3 is 2.52 bits per heavy atom. The molecule has 3 aromatic rings. The van der Waals surface area contributed by atoms with Gasteiger partial charge in [0.05, 0.1) is 4.91 Å². The van der Waals surface area contributed by atoms with Gasteiger partial charge in [0.1, 0.15) is 11.5 Å². The van der Waals surface area contributed by atoms with E-state index in [0.29, 0.717) is 27.0 Å². The number of amides is 2. The van der Waals surface area contributed by atoms with Gasteiger partial charge in [-0.3, -0.25) is 15.0 Å². The van der Waals surface area contributed by atoms with Crippen molar-refractivity contribution in [3.63, 3.8) is 0 Å². The third-order valence-electron chi connectivity index (χ3n) is 4.07. The van der Waals surface area contributed by atoms with Crippen molar-refractivity contribution in [2.45, 2.75) is 0 Å². The van der Waals surface area contributed by atoms with E-state index in [2.05, 4.69) is 5.43 Å². The van der Waals surface area contributed by atoms with Crippen molar-refractivity contribution in [1.29, 1.82) is 0 Å². The van der Waals surface area contributed by atoms with Crippen LogP contribution in [0.3, 0.4) is 0 Å². The Morgan fingerprint density at radius 1 is 1.07 bits per heavy atom. The molecule has 0 bridgehead atoms. The third-order valence-corrected chi connectivity index (χ3v) is 5.63. The van der Waals surface area contributed by atoms with Gasteiger partial charge in [0, 0.05) is 22.2 Å². The van der Waals surface area contributed by atoms with Gasteiger partial charge in [0.25, 0.3) is 11.8 Å². The van der Waals surface area contributed by atoms with E-state index in [9.17, 15) is 9.59 Å². The number of thioether (sulfide) groups is 1. The zero-order chi connectivity index (χ0) is 20.4. The Kier molecular flexibility index (Phi) is 5.53. The number of nitrogens with zero attached hydrogens (tertiary/aromatic N) is 1. The number of halogens is 1. The molecule has 0 atom stereocenters. The molecular formula is C21H13ClN2O3S2. The lowest BCUT2D eigenvalue weighted by Crippen LogP contribution is -2.44. The van der Waals surface area contributed by atoms with E-state index in [4.69, 9.17) is 28.2 Å². The first-order valence-electron chi connectivity index (χ1n) is 8.51. The van der Waals surface area contributed by atoms with Crippen molar-refractivity contribution in [1.82, 2.24) is 10.4 Å². The molecule has 2 heterocycles. The number of nitrogens with one attached hydrogen (secondary N) is 1. The van der Waals surface area contributed by atoms with E-state index >= 15 is 0 Å². The SMILES string of the molecule is O=C(NN1C(=O)/C(=C/c2ccc(-c3ccccc3)o2)SC1=S)c1ccc(Cl)cc1. The summed E-state index contributed by atoms with van der Waals surface area (Å²) >= 11 is 12.2. The summed E-state index contributed by atoms with van der Waals surface area (Å²) in [5, 5.41) is 1.58. The van der Waals surface area contributed by atoms with Crippen LogP contribution in [0.1, 0.15) is 16.1 Å². The topological polar surface area (TPSA) is 62.6 Å². The van der Waals surface area contributed by atoms with Gasteiger partial charge in [0.15, 0.2) is 4.32 Å². The van der Waals surface area contributed by atoms with Gasteiger partial charge in [-0.25, -0.2) is 0 Å². The van der Waals surface area contributed by atoms with Crippen LogP contribution in [0.25, 0.3) is 17.4 Å². The van der Waals surface area contributed by atoms with Crippen LogP contribution in [0.5, 0.6) is 0 Å². The molecule has 1 fully saturated rings.